The van der Waals surface area contributed by atoms with E-state index < -0.39 is 0 Å². The number of hydrogen-bond acceptors (Lipinski definition) is 3. The van der Waals surface area contributed by atoms with Crippen molar-refractivity contribution in [2.24, 2.45) is 0 Å². The van der Waals surface area contributed by atoms with Gasteiger partial charge in [-0.05, 0) is 0 Å². The molecule has 1 fully saturated rings. The van der Waals surface area contributed by atoms with Gasteiger partial charge in [-0.2, -0.15) is 0 Å². The van der Waals surface area contributed by atoms with Crippen LogP contribution < -0.4 is 0 Å². The molecular formula is C10H12N4O2. The number of rotatable bonds is 0. The summed E-state index contributed by atoms with van der Waals surface area (Å²) in [6.45, 7) is 0.650. The average Bonchev–Trinajstić information content (AvgIpc) is 2.71. The number of carbonyl (C=O) groups excluding carboxylic acids is 2. The van der Waals surface area contributed by atoms with Crippen molar-refractivity contribution in [2.75, 3.05) is 13.6 Å². The van der Waals surface area contributed by atoms with Crippen LogP contribution in [0.1, 0.15) is 11.4 Å². The molecule has 3 rings (SSSR count). The molecule has 2 aliphatic heterocycles. The molecule has 1 unspecified atom stereocenters. The summed E-state index contributed by atoms with van der Waals surface area (Å²) in [4.78, 5) is 34.0. The molecule has 0 aromatic carbocycles. The molecule has 6 heteroatoms. The Morgan fingerprint density at radius 1 is 1.44 bits per heavy atom. The van der Waals surface area contributed by atoms with Crippen LogP contribution in [-0.2, 0) is 22.6 Å². The summed E-state index contributed by atoms with van der Waals surface area (Å²) in [5.74, 6) is 0.0144. The van der Waals surface area contributed by atoms with E-state index in [0.717, 1.165) is 11.4 Å². The first kappa shape index (κ1) is 9.38. The highest BCUT2D eigenvalue weighted by Crippen LogP contribution is 2.24. The van der Waals surface area contributed by atoms with Gasteiger partial charge in [0.05, 0.1) is 30.8 Å². The van der Waals surface area contributed by atoms with Crippen LogP contribution in [0, 0.1) is 0 Å². The lowest BCUT2D eigenvalue weighted by Gasteiger charge is -2.40. The van der Waals surface area contributed by atoms with E-state index in [0.29, 0.717) is 13.0 Å². The van der Waals surface area contributed by atoms with Gasteiger partial charge in [0.1, 0.15) is 6.04 Å². The largest absolute Gasteiger partial charge is 0.347 e. The predicted molar refractivity (Wildman–Crippen MR) is 54.3 cm³/mol. The van der Waals surface area contributed by atoms with Gasteiger partial charge < -0.3 is 14.8 Å². The fourth-order valence-corrected chi connectivity index (χ4v) is 2.34. The summed E-state index contributed by atoms with van der Waals surface area (Å²) < 4.78 is 0. The highest BCUT2D eigenvalue weighted by atomic mass is 16.2. The molecular weight excluding hydrogens is 208 g/mol. The molecule has 84 valence electrons. The Labute approximate surface area is 92.2 Å². The van der Waals surface area contributed by atoms with E-state index in [1.54, 1.807) is 18.3 Å². The lowest BCUT2D eigenvalue weighted by Crippen LogP contribution is -2.60. The van der Waals surface area contributed by atoms with Gasteiger partial charge in [-0.3, -0.25) is 9.59 Å². The van der Waals surface area contributed by atoms with Crippen molar-refractivity contribution in [2.45, 2.75) is 19.0 Å². The van der Waals surface area contributed by atoms with E-state index in [1.165, 1.54) is 4.90 Å². The molecule has 2 aliphatic rings. The number of imidazole rings is 1. The van der Waals surface area contributed by atoms with Crippen LogP contribution in [0.3, 0.4) is 0 Å². The maximum atomic E-state index is 11.9. The van der Waals surface area contributed by atoms with Gasteiger partial charge in [0.25, 0.3) is 0 Å². The normalized spacial score (nSPS) is 24.4. The Hall–Kier alpha value is -1.85. The summed E-state index contributed by atoms with van der Waals surface area (Å²) in [7, 11) is 1.66. The topological polar surface area (TPSA) is 69.3 Å². The molecule has 6 nitrogen and oxygen atoms in total. The number of aromatic amines is 1. The van der Waals surface area contributed by atoms with E-state index in [2.05, 4.69) is 9.97 Å². The Bertz CT molecular complexity index is 467. The minimum Gasteiger partial charge on any atom is -0.347 e. The summed E-state index contributed by atoms with van der Waals surface area (Å²) in [6.07, 6.45) is 2.13. The number of aromatic nitrogens is 2. The van der Waals surface area contributed by atoms with E-state index in [4.69, 9.17) is 0 Å². The zero-order chi connectivity index (χ0) is 11.3. The second kappa shape index (κ2) is 3.07. The summed E-state index contributed by atoms with van der Waals surface area (Å²) >= 11 is 0. The molecule has 1 aromatic heterocycles. The number of hydrogen-bond donors (Lipinski definition) is 1. The number of carbonyl (C=O) groups is 2. The fraction of sp³-hybridized carbons (Fsp3) is 0.500. The van der Waals surface area contributed by atoms with Crippen molar-refractivity contribution in [1.82, 2.24) is 19.8 Å². The van der Waals surface area contributed by atoms with Gasteiger partial charge in [0, 0.05) is 13.5 Å². The van der Waals surface area contributed by atoms with Gasteiger partial charge in [-0.15, -0.1) is 0 Å². The number of fused-ring (bicyclic) bond motifs is 2. The number of piperazine rings is 1. The number of likely N-dealkylation sites (N-methyl/N-ethyl adjacent to an activating group) is 1. The first-order valence-corrected chi connectivity index (χ1v) is 5.22. The van der Waals surface area contributed by atoms with Crippen LogP contribution in [0.2, 0.25) is 0 Å². The molecule has 0 spiro atoms. The summed E-state index contributed by atoms with van der Waals surface area (Å²) in [5, 5.41) is 0. The van der Waals surface area contributed by atoms with E-state index >= 15 is 0 Å². The molecule has 1 N–H and O–H groups in total. The van der Waals surface area contributed by atoms with Crippen molar-refractivity contribution >= 4 is 11.8 Å². The van der Waals surface area contributed by atoms with E-state index in [-0.39, 0.29) is 24.4 Å². The maximum absolute atomic E-state index is 11.9. The number of nitrogens with one attached hydrogen (secondary N) is 1. The number of H-pyrrole nitrogens is 1. The van der Waals surface area contributed by atoms with Crippen LogP contribution in [0.4, 0.5) is 0 Å². The van der Waals surface area contributed by atoms with Crippen LogP contribution >= 0.6 is 0 Å². The lowest BCUT2D eigenvalue weighted by atomic mass is 9.99. The minimum atomic E-state index is -0.359. The van der Waals surface area contributed by atoms with Crippen LogP contribution in [0.15, 0.2) is 6.33 Å². The predicted octanol–water partition coefficient (Wildman–Crippen LogP) is -0.865. The lowest BCUT2D eigenvalue weighted by molar-refractivity contribution is -0.155. The molecule has 3 heterocycles. The Balaban J connectivity index is 1.99. The molecule has 0 radical (unpaired) electrons. The summed E-state index contributed by atoms with van der Waals surface area (Å²) in [5.41, 5.74) is 1.85. The van der Waals surface area contributed by atoms with Crippen molar-refractivity contribution in [3.8, 4) is 0 Å². The Morgan fingerprint density at radius 3 is 3.06 bits per heavy atom. The zero-order valence-electron chi connectivity index (χ0n) is 8.93. The van der Waals surface area contributed by atoms with Crippen molar-refractivity contribution in [1.29, 1.82) is 0 Å². The van der Waals surface area contributed by atoms with Gasteiger partial charge in [0.15, 0.2) is 0 Å². The van der Waals surface area contributed by atoms with Crippen molar-refractivity contribution < 1.29 is 9.59 Å². The monoisotopic (exact) mass is 220 g/mol. The van der Waals surface area contributed by atoms with Gasteiger partial charge in [-0.25, -0.2) is 4.98 Å². The third-order valence-corrected chi connectivity index (χ3v) is 3.25. The number of nitrogens with zero attached hydrogens (tertiary/aromatic N) is 3. The second-order valence-electron chi connectivity index (χ2n) is 4.26. The van der Waals surface area contributed by atoms with E-state index in [1.807, 2.05) is 0 Å². The molecule has 0 aliphatic carbocycles. The Morgan fingerprint density at radius 2 is 2.25 bits per heavy atom. The molecule has 0 bridgehead atoms. The smallest absolute Gasteiger partial charge is 0.246 e. The standard InChI is InChI=1S/C10H12N4O2/c1-13-4-9(15)14-3-7-6(11-5-12-7)2-8(14)10(13)16/h5,8H,2-4H2,1H3,(H,11,12). The molecule has 1 atom stereocenters. The SMILES string of the molecule is CN1CC(=O)N2Cc3[nH]cnc3CC2C1=O. The van der Waals surface area contributed by atoms with Gasteiger partial charge in [-0.1, -0.05) is 0 Å². The third kappa shape index (κ3) is 1.16. The second-order valence-corrected chi connectivity index (χ2v) is 4.26. The van der Waals surface area contributed by atoms with Crippen molar-refractivity contribution in [3.63, 3.8) is 0 Å². The van der Waals surface area contributed by atoms with Crippen LogP contribution in [0.5, 0.6) is 0 Å². The fourth-order valence-electron chi connectivity index (χ4n) is 2.34. The zero-order valence-corrected chi connectivity index (χ0v) is 8.93. The van der Waals surface area contributed by atoms with E-state index in [9.17, 15) is 9.59 Å². The van der Waals surface area contributed by atoms with Crippen LogP contribution in [0.25, 0.3) is 0 Å². The molecule has 1 saturated heterocycles. The number of amides is 2. The first-order valence-electron chi connectivity index (χ1n) is 5.22. The van der Waals surface area contributed by atoms with Crippen LogP contribution in [-0.4, -0.2) is 51.2 Å². The van der Waals surface area contributed by atoms with Gasteiger partial charge in [0.2, 0.25) is 11.8 Å². The summed E-state index contributed by atoms with van der Waals surface area (Å²) in [6, 6.07) is -0.359. The van der Waals surface area contributed by atoms with Crippen molar-refractivity contribution in [3.05, 3.63) is 17.7 Å². The Kier molecular flexibility index (Phi) is 1.80. The minimum absolute atomic E-state index is 0.00681. The maximum Gasteiger partial charge on any atom is 0.246 e. The highest BCUT2D eigenvalue weighted by molar-refractivity contribution is 5.95. The highest BCUT2D eigenvalue weighted by Gasteiger charge is 2.41. The quantitative estimate of drug-likeness (QED) is 0.618. The average molecular weight is 220 g/mol. The third-order valence-electron chi connectivity index (χ3n) is 3.25. The first-order chi connectivity index (χ1) is 7.66. The van der Waals surface area contributed by atoms with Gasteiger partial charge >= 0.3 is 0 Å². The molecule has 16 heavy (non-hydrogen) atoms. The molecule has 0 saturated carbocycles. The molecule has 2 amide bonds. The molecule has 1 aromatic rings.